The normalized spacial score (nSPS) is 11.7. The molecule has 0 aromatic heterocycles. The Morgan fingerprint density at radius 1 is 1.47 bits per heavy atom. The maximum atomic E-state index is 11.7. The van der Waals surface area contributed by atoms with E-state index >= 15 is 0 Å². The second kappa shape index (κ2) is 5.85. The van der Waals surface area contributed by atoms with Crippen LogP contribution in [-0.4, -0.2) is 30.1 Å². The van der Waals surface area contributed by atoms with Gasteiger partial charge in [-0.3, -0.25) is 4.79 Å². The summed E-state index contributed by atoms with van der Waals surface area (Å²) in [6.45, 7) is 1.52. The number of amides is 1. The quantitative estimate of drug-likeness (QED) is 0.637. The van der Waals surface area contributed by atoms with Gasteiger partial charge in [-0.15, -0.1) is 0 Å². The molecule has 1 aromatic rings. The van der Waals surface area contributed by atoms with Crippen LogP contribution in [0.5, 0.6) is 5.75 Å². The Kier molecular flexibility index (Phi) is 4.73. The highest BCUT2D eigenvalue weighted by Gasteiger charge is 2.17. The predicted molar refractivity (Wildman–Crippen MR) is 69.8 cm³/mol. The lowest BCUT2D eigenvalue weighted by Crippen LogP contribution is -2.39. The van der Waals surface area contributed by atoms with Crippen molar-refractivity contribution in [3.05, 3.63) is 27.3 Å². The van der Waals surface area contributed by atoms with E-state index in [2.05, 4.69) is 10.1 Å². The average Bonchev–Trinajstić information content (AvgIpc) is 2.31. The number of phenols is 1. The number of phenolic OH excluding ortho intramolecular Hbond substituents is 1. The van der Waals surface area contributed by atoms with Gasteiger partial charge in [-0.2, -0.15) is 0 Å². The number of nitrogens with one attached hydrogen (secondary N) is 1. The smallest absolute Gasteiger partial charge is 0.328 e. The Balaban J connectivity index is 2.76. The van der Waals surface area contributed by atoms with E-state index in [0.29, 0.717) is 9.13 Å². The molecule has 0 saturated heterocycles. The molecule has 1 rings (SSSR count). The lowest BCUT2D eigenvalue weighted by atomic mass is 10.2. The van der Waals surface area contributed by atoms with Crippen LogP contribution in [0.15, 0.2) is 18.2 Å². The van der Waals surface area contributed by atoms with E-state index in [1.807, 2.05) is 22.6 Å². The lowest BCUT2D eigenvalue weighted by molar-refractivity contribution is -0.142. The number of carbonyl (C=O) groups is 2. The number of ether oxygens (including phenoxy) is 1. The minimum Gasteiger partial charge on any atom is -0.507 e. The maximum absolute atomic E-state index is 11.7. The summed E-state index contributed by atoms with van der Waals surface area (Å²) in [5.41, 5.74) is 0.290. The Hall–Kier alpha value is -1.31. The van der Waals surface area contributed by atoms with Crippen molar-refractivity contribution in [3.8, 4) is 5.75 Å². The molecule has 1 atom stereocenters. The number of rotatable bonds is 3. The Bertz CT molecular complexity index is 447. The SMILES string of the molecule is COC(=O)C(C)NC(=O)c1ccc(I)c(O)c1. The van der Waals surface area contributed by atoms with E-state index in [1.54, 1.807) is 12.1 Å². The zero-order valence-electron chi connectivity index (χ0n) is 9.36. The zero-order valence-corrected chi connectivity index (χ0v) is 11.5. The number of halogens is 1. The van der Waals surface area contributed by atoms with Crippen LogP contribution in [-0.2, 0) is 9.53 Å². The van der Waals surface area contributed by atoms with Crippen molar-refractivity contribution in [2.24, 2.45) is 0 Å². The summed E-state index contributed by atoms with van der Waals surface area (Å²) in [5, 5.41) is 11.9. The Labute approximate surface area is 112 Å². The fraction of sp³-hybridized carbons (Fsp3) is 0.273. The van der Waals surface area contributed by atoms with Crippen LogP contribution in [0, 0.1) is 3.57 Å². The second-order valence-electron chi connectivity index (χ2n) is 3.38. The number of hydrogen-bond donors (Lipinski definition) is 2. The van der Waals surface area contributed by atoms with E-state index in [1.165, 1.54) is 20.1 Å². The number of hydrogen-bond acceptors (Lipinski definition) is 4. The highest BCUT2D eigenvalue weighted by atomic mass is 127. The molecule has 0 aliphatic rings. The molecule has 1 aromatic carbocycles. The highest BCUT2D eigenvalue weighted by molar-refractivity contribution is 14.1. The number of carbonyl (C=O) groups excluding carboxylic acids is 2. The molecule has 0 fully saturated rings. The lowest BCUT2D eigenvalue weighted by Gasteiger charge is -2.11. The van der Waals surface area contributed by atoms with Crippen LogP contribution in [0.3, 0.4) is 0 Å². The van der Waals surface area contributed by atoms with Gasteiger partial charge in [0, 0.05) is 5.56 Å². The molecule has 0 radical (unpaired) electrons. The van der Waals surface area contributed by atoms with Crippen LogP contribution in [0.2, 0.25) is 0 Å². The number of esters is 1. The van der Waals surface area contributed by atoms with Crippen LogP contribution < -0.4 is 5.32 Å². The van der Waals surface area contributed by atoms with E-state index in [9.17, 15) is 14.7 Å². The van der Waals surface area contributed by atoms with Gasteiger partial charge < -0.3 is 15.2 Å². The average molecular weight is 349 g/mol. The molecule has 0 spiro atoms. The molecular weight excluding hydrogens is 337 g/mol. The molecule has 1 amide bonds. The fourth-order valence-corrected chi connectivity index (χ4v) is 1.51. The molecular formula is C11H12INO4. The van der Waals surface area contributed by atoms with E-state index in [4.69, 9.17) is 0 Å². The molecule has 0 heterocycles. The van der Waals surface area contributed by atoms with Crippen molar-refractivity contribution in [1.82, 2.24) is 5.32 Å². The summed E-state index contributed by atoms with van der Waals surface area (Å²) in [6, 6.07) is 3.81. The third-order valence-electron chi connectivity index (χ3n) is 2.11. The standard InChI is InChI=1S/C11H12INO4/c1-6(11(16)17-2)13-10(15)7-3-4-8(12)9(14)5-7/h3-6,14H,1-2H3,(H,13,15). The summed E-state index contributed by atoms with van der Waals surface area (Å²) in [4.78, 5) is 22.8. The Morgan fingerprint density at radius 2 is 2.12 bits per heavy atom. The topological polar surface area (TPSA) is 75.6 Å². The third-order valence-corrected chi connectivity index (χ3v) is 3.02. The van der Waals surface area contributed by atoms with Crippen molar-refractivity contribution < 1.29 is 19.4 Å². The first-order chi connectivity index (χ1) is 7.95. The molecule has 1 unspecified atom stereocenters. The fourth-order valence-electron chi connectivity index (χ4n) is 1.17. The maximum Gasteiger partial charge on any atom is 0.328 e. The van der Waals surface area contributed by atoms with Gasteiger partial charge in [0.15, 0.2) is 0 Å². The first kappa shape index (κ1) is 13.8. The zero-order chi connectivity index (χ0) is 13.0. The Morgan fingerprint density at radius 3 is 2.65 bits per heavy atom. The minimum atomic E-state index is -0.728. The largest absolute Gasteiger partial charge is 0.507 e. The van der Waals surface area contributed by atoms with Crippen LogP contribution >= 0.6 is 22.6 Å². The summed E-state index contributed by atoms with van der Waals surface area (Å²) in [5.74, 6) is -0.924. The van der Waals surface area contributed by atoms with E-state index in [-0.39, 0.29) is 5.75 Å². The number of aromatic hydroxyl groups is 1. The van der Waals surface area contributed by atoms with Gasteiger partial charge in [-0.05, 0) is 47.7 Å². The van der Waals surface area contributed by atoms with Crippen molar-refractivity contribution in [2.75, 3.05) is 7.11 Å². The highest BCUT2D eigenvalue weighted by Crippen LogP contribution is 2.20. The summed E-state index contributed by atoms with van der Waals surface area (Å²) in [6.07, 6.45) is 0. The molecule has 0 aliphatic heterocycles. The minimum absolute atomic E-state index is 0.0315. The van der Waals surface area contributed by atoms with Crippen molar-refractivity contribution in [3.63, 3.8) is 0 Å². The third kappa shape index (κ3) is 3.58. The van der Waals surface area contributed by atoms with Crippen LogP contribution in [0.1, 0.15) is 17.3 Å². The van der Waals surface area contributed by atoms with Gasteiger partial charge in [0.2, 0.25) is 0 Å². The van der Waals surface area contributed by atoms with E-state index < -0.39 is 17.9 Å². The monoisotopic (exact) mass is 349 g/mol. The van der Waals surface area contributed by atoms with Gasteiger partial charge >= 0.3 is 5.97 Å². The van der Waals surface area contributed by atoms with Gasteiger partial charge in [0.1, 0.15) is 11.8 Å². The van der Waals surface area contributed by atoms with Gasteiger partial charge in [0.05, 0.1) is 10.7 Å². The molecule has 2 N–H and O–H groups in total. The predicted octanol–water partition coefficient (Wildman–Crippen LogP) is 1.29. The van der Waals surface area contributed by atoms with Gasteiger partial charge in [-0.25, -0.2) is 4.79 Å². The van der Waals surface area contributed by atoms with Crippen LogP contribution in [0.25, 0.3) is 0 Å². The van der Waals surface area contributed by atoms with Crippen LogP contribution in [0.4, 0.5) is 0 Å². The van der Waals surface area contributed by atoms with Crippen molar-refractivity contribution >= 4 is 34.5 Å². The molecule has 92 valence electrons. The van der Waals surface area contributed by atoms with E-state index in [0.717, 1.165) is 0 Å². The number of benzene rings is 1. The van der Waals surface area contributed by atoms with Gasteiger partial charge in [-0.1, -0.05) is 0 Å². The summed E-state index contributed by atoms with van der Waals surface area (Å²) >= 11 is 1.95. The summed E-state index contributed by atoms with van der Waals surface area (Å²) in [7, 11) is 1.25. The molecule has 0 saturated carbocycles. The molecule has 5 nitrogen and oxygen atoms in total. The molecule has 0 bridgehead atoms. The summed E-state index contributed by atoms with van der Waals surface area (Å²) < 4.78 is 5.14. The first-order valence-electron chi connectivity index (χ1n) is 4.83. The second-order valence-corrected chi connectivity index (χ2v) is 4.55. The molecule has 0 aliphatic carbocycles. The number of methoxy groups -OCH3 is 1. The van der Waals surface area contributed by atoms with Gasteiger partial charge in [0.25, 0.3) is 5.91 Å². The first-order valence-corrected chi connectivity index (χ1v) is 5.90. The molecule has 6 heteroatoms. The van der Waals surface area contributed by atoms with Crippen molar-refractivity contribution in [2.45, 2.75) is 13.0 Å². The van der Waals surface area contributed by atoms with Crippen molar-refractivity contribution in [1.29, 1.82) is 0 Å². The molecule has 17 heavy (non-hydrogen) atoms.